The number of para-hydroxylation sites is 1. The van der Waals surface area contributed by atoms with Crippen molar-refractivity contribution in [2.45, 2.75) is 19.2 Å². The molecular formula is C19H18F3N3O4. The van der Waals surface area contributed by atoms with Gasteiger partial charge in [0.25, 0.3) is 5.91 Å². The van der Waals surface area contributed by atoms with Gasteiger partial charge in [-0.1, -0.05) is 18.2 Å². The van der Waals surface area contributed by atoms with E-state index in [2.05, 4.69) is 10.6 Å². The second-order valence-corrected chi connectivity index (χ2v) is 5.87. The van der Waals surface area contributed by atoms with Crippen LogP contribution in [0.5, 0.6) is 0 Å². The first kappa shape index (κ1) is 21.7. The van der Waals surface area contributed by atoms with Gasteiger partial charge in [0.1, 0.15) is 0 Å². The van der Waals surface area contributed by atoms with Crippen LogP contribution < -0.4 is 16.0 Å². The Kier molecular flexibility index (Phi) is 6.81. The summed E-state index contributed by atoms with van der Waals surface area (Å²) < 4.78 is 43.7. The Morgan fingerprint density at radius 2 is 1.72 bits per heavy atom. The van der Waals surface area contributed by atoms with E-state index in [0.29, 0.717) is 0 Å². The Morgan fingerprint density at radius 1 is 1.03 bits per heavy atom. The average molecular weight is 409 g/mol. The molecule has 0 aromatic heterocycles. The molecule has 29 heavy (non-hydrogen) atoms. The maximum Gasteiger partial charge on any atom is 0.416 e. The lowest BCUT2D eigenvalue weighted by molar-refractivity contribution is -0.137. The third-order valence-electron chi connectivity index (χ3n) is 3.73. The van der Waals surface area contributed by atoms with Crippen molar-refractivity contribution in [3.63, 3.8) is 0 Å². The summed E-state index contributed by atoms with van der Waals surface area (Å²) in [7, 11) is 1.31. The molecule has 2 aromatic rings. The molecule has 0 saturated heterocycles. The minimum atomic E-state index is -4.51. The molecule has 3 N–H and O–H groups in total. The first-order valence-electron chi connectivity index (χ1n) is 8.38. The Bertz CT molecular complexity index is 916. The summed E-state index contributed by atoms with van der Waals surface area (Å²) in [6.07, 6.45) is -5.79. The van der Waals surface area contributed by atoms with Crippen LogP contribution in [0.2, 0.25) is 0 Å². The first-order chi connectivity index (χ1) is 13.6. The van der Waals surface area contributed by atoms with Crippen LogP contribution >= 0.6 is 0 Å². The zero-order valence-electron chi connectivity index (χ0n) is 15.5. The van der Waals surface area contributed by atoms with Crippen molar-refractivity contribution in [1.82, 2.24) is 10.6 Å². The Morgan fingerprint density at radius 3 is 2.38 bits per heavy atom. The number of carbonyl (C=O) groups excluding carboxylic acids is 3. The Balaban J connectivity index is 2.17. The molecule has 10 heteroatoms. The summed E-state index contributed by atoms with van der Waals surface area (Å²) in [4.78, 5) is 35.4. The zero-order chi connectivity index (χ0) is 21.6. The van der Waals surface area contributed by atoms with Crippen LogP contribution in [-0.4, -0.2) is 31.1 Å². The van der Waals surface area contributed by atoms with Gasteiger partial charge in [0.2, 0.25) is 0 Å². The molecule has 0 aliphatic carbocycles. The number of hydrogen-bond acceptors (Lipinski definition) is 5. The van der Waals surface area contributed by atoms with Gasteiger partial charge in [-0.05, 0) is 37.3 Å². The Hall–Kier alpha value is -3.56. The normalized spacial score (nSPS) is 11.9. The minimum Gasteiger partial charge on any atom is -0.449 e. The quantitative estimate of drug-likeness (QED) is 0.658. The number of alkyl halides is 3. The summed E-state index contributed by atoms with van der Waals surface area (Å²) in [5, 5.41) is 6.90. The van der Waals surface area contributed by atoms with E-state index in [1.807, 2.05) is 5.32 Å². The molecule has 0 aliphatic rings. The van der Waals surface area contributed by atoms with Crippen LogP contribution in [0.1, 0.15) is 22.8 Å². The molecule has 0 spiro atoms. The van der Waals surface area contributed by atoms with Gasteiger partial charge < -0.3 is 15.4 Å². The summed E-state index contributed by atoms with van der Waals surface area (Å²) in [5.74, 6) is -1.72. The van der Waals surface area contributed by atoms with Gasteiger partial charge >= 0.3 is 18.2 Å². The number of urea groups is 1. The summed E-state index contributed by atoms with van der Waals surface area (Å²) >= 11 is 0. The van der Waals surface area contributed by atoms with E-state index in [4.69, 9.17) is 4.74 Å². The predicted octanol–water partition coefficient (Wildman–Crippen LogP) is 3.45. The number of anilines is 2. The number of ether oxygens (including phenoxy) is 1. The second kappa shape index (κ2) is 9.09. The van der Waals surface area contributed by atoms with Crippen LogP contribution in [0.25, 0.3) is 0 Å². The van der Waals surface area contributed by atoms with Crippen LogP contribution in [0.15, 0.2) is 48.5 Å². The zero-order valence-corrected chi connectivity index (χ0v) is 15.5. The minimum absolute atomic E-state index is 0.00417. The van der Waals surface area contributed by atoms with Gasteiger partial charge in [0.05, 0.1) is 16.8 Å². The highest BCUT2D eigenvalue weighted by Crippen LogP contribution is 2.32. The Labute approximate surface area is 164 Å². The van der Waals surface area contributed by atoms with Crippen molar-refractivity contribution in [1.29, 1.82) is 0 Å². The largest absolute Gasteiger partial charge is 0.449 e. The molecule has 2 aromatic carbocycles. The first-order valence-corrected chi connectivity index (χ1v) is 8.38. The van der Waals surface area contributed by atoms with Crippen LogP contribution in [-0.2, 0) is 15.7 Å². The van der Waals surface area contributed by atoms with Crippen molar-refractivity contribution < 1.29 is 32.3 Å². The van der Waals surface area contributed by atoms with Crippen molar-refractivity contribution in [3.8, 4) is 0 Å². The summed E-state index contributed by atoms with van der Waals surface area (Å²) in [6.45, 7) is 1.28. The maximum absolute atomic E-state index is 12.9. The molecule has 0 radical (unpaired) electrons. The second-order valence-electron chi connectivity index (χ2n) is 5.87. The number of hydrogen-bond donors (Lipinski definition) is 3. The van der Waals surface area contributed by atoms with Crippen molar-refractivity contribution >= 4 is 29.3 Å². The molecule has 7 nitrogen and oxygen atoms in total. The molecule has 0 aliphatic heterocycles. The predicted molar refractivity (Wildman–Crippen MR) is 98.6 cm³/mol. The topological polar surface area (TPSA) is 96.5 Å². The van der Waals surface area contributed by atoms with Gasteiger partial charge in [0, 0.05) is 12.7 Å². The lowest BCUT2D eigenvalue weighted by Gasteiger charge is -2.16. The van der Waals surface area contributed by atoms with E-state index in [1.54, 1.807) is 6.07 Å². The van der Waals surface area contributed by atoms with Crippen LogP contribution in [0, 0.1) is 0 Å². The van der Waals surface area contributed by atoms with E-state index in [0.717, 1.165) is 12.1 Å². The number of esters is 1. The van der Waals surface area contributed by atoms with Gasteiger partial charge in [0.15, 0.2) is 6.10 Å². The number of nitrogens with one attached hydrogen (secondary N) is 3. The SMILES string of the molecule is CNC(=O)NC(=O)[C@H](C)OC(=O)c1ccccc1Nc1cccc(C(F)(F)F)c1. The highest BCUT2D eigenvalue weighted by Gasteiger charge is 2.30. The molecule has 154 valence electrons. The average Bonchev–Trinajstić information content (AvgIpc) is 2.67. The molecule has 0 heterocycles. The third-order valence-corrected chi connectivity index (χ3v) is 3.73. The lowest BCUT2D eigenvalue weighted by Crippen LogP contribution is -2.43. The van der Waals surface area contributed by atoms with Gasteiger partial charge in [-0.25, -0.2) is 9.59 Å². The van der Waals surface area contributed by atoms with E-state index in [1.165, 1.54) is 44.3 Å². The number of halogens is 3. The highest BCUT2D eigenvalue weighted by atomic mass is 19.4. The molecule has 0 bridgehead atoms. The molecule has 2 rings (SSSR count). The smallest absolute Gasteiger partial charge is 0.416 e. The lowest BCUT2D eigenvalue weighted by atomic mass is 10.1. The number of rotatable bonds is 5. The monoisotopic (exact) mass is 409 g/mol. The van der Waals surface area contributed by atoms with Gasteiger partial charge in [-0.2, -0.15) is 13.2 Å². The summed E-state index contributed by atoms with van der Waals surface area (Å²) in [6, 6.07) is 9.70. The van der Waals surface area contributed by atoms with Crippen LogP contribution in [0.4, 0.5) is 29.3 Å². The highest BCUT2D eigenvalue weighted by molar-refractivity contribution is 6.00. The van der Waals surface area contributed by atoms with E-state index < -0.39 is 35.8 Å². The number of imide groups is 1. The molecular weight excluding hydrogens is 391 g/mol. The fraction of sp³-hybridized carbons (Fsp3) is 0.211. The molecule has 0 saturated carbocycles. The third kappa shape index (κ3) is 5.96. The van der Waals surface area contributed by atoms with Crippen LogP contribution in [0.3, 0.4) is 0 Å². The summed E-state index contributed by atoms with van der Waals surface area (Å²) in [5.41, 5.74) is -0.534. The number of amides is 3. The van der Waals surface area contributed by atoms with E-state index in [9.17, 15) is 27.6 Å². The van der Waals surface area contributed by atoms with E-state index in [-0.39, 0.29) is 16.9 Å². The fourth-order valence-corrected chi connectivity index (χ4v) is 2.25. The van der Waals surface area contributed by atoms with Crippen molar-refractivity contribution in [2.24, 2.45) is 0 Å². The number of carbonyl (C=O) groups is 3. The number of benzene rings is 2. The standard InChI is InChI=1S/C19H18F3N3O4/c1-11(16(26)25-18(28)23-2)29-17(27)14-8-3-4-9-15(14)24-13-7-5-6-12(10-13)19(20,21)22/h3-11,24H,1-2H3,(H2,23,25,26,28)/t11-/m0/s1. The van der Waals surface area contributed by atoms with Crippen molar-refractivity contribution in [2.75, 3.05) is 12.4 Å². The van der Waals surface area contributed by atoms with Gasteiger partial charge in [-0.3, -0.25) is 10.1 Å². The molecule has 0 unspecified atom stereocenters. The van der Waals surface area contributed by atoms with Crippen molar-refractivity contribution in [3.05, 3.63) is 59.7 Å². The molecule has 1 atom stereocenters. The molecule has 0 fully saturated rings. The van der Waals surface area contributed by atoms with Gasteiger partial charge in [-0.15, -0.1) is 0 Å². The fourth-order valence-electron chi connectivity index (χ4n) is 2.25. The van der Waals surface area contributed by atoms with E-state index >= 15 is 0 Å². The molecule has 3 amide bonds. The maximum atomic E-state index is 12.9.